The van der Waals surface area contributed by atoms with Gasteiger partial charge in [-0.1, -0.05) is 29.8 Å². The van der Waals surface area contributed by atoms with Crippen LogP contribution in [0.2, 0.25) is 5.02 Å². The Kier molecular flexibility index (Phi) is 4.47. The van der Waals surface area contributed by atoms with Crippen LogP contribution < -0.4 is 15.2 Å². The lowest BCUT2D eigenvalue weighted by Gasteiger charge is -2.16. The zero-order valence-electron chi connectivity index (χ0n) is 11.2. The summed E-state index contributed by atoms with van der Waals surface area (Å²) in [5, 5.41) is 0.0368. The van der Waals surface area contributed by atoms with Crippen LogP contribution in [0.15, 0.2) is 36.4 Å². The van der Waals surface area contributed by atoms with Crippen LogP contribution in [0.4, 0.5) is 4.39 Å². The summed E-state index contributed by atoms with van der Waals surface area (Å²) in [4.78, 5) is 0. The number of methoxy groups -OCH3 is 2. The third-order valence-electron chi connectivity index (χ3n) is 3.08. The third kappa shape index (κ3) is 2.71. The fraction of sp³-hybridized carbons (Fsp3) is 0.200. The lowest BCUT2D eigenvalue weighted by molar-refractivity contribution is 0.354. The van der Waals surface area contributed by atoms with Gasteiger partial charge in [0.2, 0.25) is 0 Å². The standard InChI is InChI=1S/C15H15ClFNO2/c1-19-12-7-6-9(8-13(12)20-2)15(18)10-4-3-5-11(17)14(10)16/h3-8,15H,18H2,1-2H3. The molecule has 2 aromatic rings. The fourth-order valence-electron chi connectivity index (χ4n) is 1.99. The van der Waals surface area contributed by atoms with Gasteiger partial charge >= 0.3 is 0 Å². The highest BCUT2D eigenvalue weighted by molar-refractivity contribution is 6.31. The van der Waals surface area contributed by atoms with Crippen LogP contribution in [0.5, 0.6) is 11.5 Å². The van der Waals surface area contributed by atoms with Gasteiger partial charge in [0.15, 0.2) is 11.5 Å². The molecule has 20 heavy (non-hydrogen) atoms. The first-order chi connectivity index (χ1) is 9.58. The van der Waals surface area contributed by atoms with Crippen molar-refractivity contribution in [2.45, 2.75) is 6.04 Å². The van der Waals surface area contributed by atoms with Gasteiger partial charge in [0.25, 0.3) is 0 Å². The third-order valence-corrected chi connectivity index (χ3v) is 3.48. The molecular weight excluding hydrogens is 281 g/mol. The van der Waals surface area contributed by atoms with E-state index in [4.69, 9.17) is 26.8 Å². The number of hydrogen-bond donors (Lipinski definition) is 1. The van der Waals surface area contributed by atoms with Crippen LogP contribution in [0.3, 0.4) is 0 Å². The molecule has 0 bridgehead atoms. The summed E-state index contributed by atoms with van der Waals surface area (Å²) in [5.74, 6) is 0.682. The molecule has 5 heteroatoms. The molecule has 1 atom stereocenters. The minimum Gasteiger partial charge on any atom is -0.493 e. The molecule has 0 saturated carbocycles. The van der Waals surface area contributed by atoms with Crippen LogP contribution in [-0.2, 0) is 0 Å². The molecular formula is C15H15ClFNO2. The molecule has 0 aliphatic heterocycles. The summed E-state index contributed by atoms with van der Waals surface area (Å²) >= 11 is 5.96. The zero-order valence-corrected chi connectivity index (χ0v) is 11.9. The van der Waals surface area contributed by atoms with Crippen LogP contribution in [0, 0.1) is 5.82 Å². The summed E-state index contributed by atoms with van der Waals surface area (Å²) in [6.07, 6.45) is 0. The lowest BCUT2D eigenvalue weighted by Crippen LogP contribution is -2.13. The van der Waals surface area contributed by atoms with E-state index < -0.39 is 11.9 Å². The van der Waals surface area contributed by atoms with Gasteiger partial charge in [-0.25, -0.2) is 4.39 Å². The smallest absolute Gasteiger partial charge is 0.161 e. The molecule has 0 aromatic heterocycles. The summed E-state index contributed by atoms with van der Waals surface area (Å²) in [5.41, 5.74) is 7.44. The van der Waals surface area contributed by atoms with Crippen molar-refractivity contribution >= 4 is 11.6 Å². The Balaban J connectivity index is 2.43. The Labute approximate surface area is 122 Å². The lowest BCUT2D eigenvalue weighted by atomic mass is 9.99. The van der Waals surface area contributed by atoms with Gasteiger partial charge < -0.3 is 15.2 Å². The Morgan fingerprint density at radius 1 is 1.10 bits per heavy atom. The molecule has 2 aromatic carbocycles. The molecule has 0 saturated heterocycles. The minimum absolute atomic E-state index is 0.0368. The summed E-state index contributed by atoms with van der Waals surface area (Å²) < 4.78 is 23.9. The van der Waals surface area contributed by atoms with Crippen molar-refractivity contribution in [2.24, 2.45) is 5.73 Å². The number of hydrogen-bond acceptors (Lipinski definition) is 3. The normalized spacial score (nSPS) is 12.1. The first kappa shape index (κ1) is 14.6. The largest absolute Gasteiger partial charge is 0.493 e. The predicted octanol–water partition coefficient (Wildman–Crippen LogP) is 3.54. The van der Waals surface area contributed by atoms with Crippen molar-refractivity contribution in [2.75, 3.05) is 14.2 Å². The van der Waals surface area contributed by atoms with E-state index in [0.29, 0.717) is 17.1 Å². The SMILES string of the molecule is COc1ccc(C(N)c2cccc(F)c2Cl)cc1OC. The van der Waals surface area contributed by atoms with Crippen LogP contribution in [0.25, 0.3) is 0 Å². The first-order valence-corrected chi connectivity index (χ1v) is 6.37. The molecule has 0 radical (unpaired) electrons. The van der Waals surface area contributed by atoms with Crippen LogP contribution in [0.1, 0.15) is 17.2 Å². The molecule has 106 valence electrons. The molecule has 0 spiro atoms. The Bertz CT molecular complexity index is 619. The molecule has 3 nitrogen and oxygen atoms in total. The fourth-order valence-corrected chi connectivity index (χ4v) is 2.23. The molecule has 0 heterocycles. The Morgan fingerprint density at radius 2 is 1.80 bits per heavy atom. The quantitative estimate of drug-likeness (QED) is 0.938. The van der Waals surface area contributed by atoms with E-state index in [1.807, 2.05) is 0 Å². The summed E-state index contributed by atoms with van der Waals surface area (Å²) in [7, 11) is 3.10. The molecule has 2 N–H and O–H groups in total. The molecule has 1 unspecified atom stereocenters. The van der Waals surface area contributed by atoms with Crippen molar-refractivity contribution < 1.29 is 13.9 Å². The van der Waals surface area contributed by atoms with E-state index in [-0.39, 0.29) is 5.02 Å². The summed E-state index contributed by atoms with van der Waals surface area (Å²) in [6.45, 7) is 0. The van der Waals surface area contributed by atoms with Crippen molar-refractivity contribution in [3.8, 4) is 11.5 Å². The van der Waals surface area contributed by atoms with Crippen molar-refractivity contribution in [3.63, 3.8) is 0 Å². The highest BCUT2D eigenvalue weighted by Crippen LogP contribution is 2.33. The van der Waals surface area contributed by atoms with E-state index in [2.05, 4.69) is 0 Å². The molecule has 0 aliphatic carbocycles. The maximum absolute atomic E-state index is 13.5. The molecule has 0 amide bonds. The molecule has 0 aliphatic rings. The molecule has 2 rings (SSSR count). The highest BCUT2D eigenvalue weighted by Gasteiger charge is 2.16. The minimum atomic E-state index is -0.544. The second-order valence-corrected chi connectivity index (χ2v) is 4.61. The maximum Gasteiger partial charge on any atom is 0.161 e. The van der Waals surface area contributed by atoms with Crippen molar-refractivity contribution in [1.82, 2.24) is 0 Å². The van der Waals surface area contributed by atoms with E-state index in [9.17, 15) is 4.39 Å². The number of rotatable bonds is 4. The number of benzene rings is 2. The Morgan fingerprint density at radius 3 is 2.45 bits per heavy atom. The van der Waals surface area contributed by atoms with E-state index in [1.165, 1.54) is 6.07 Å². The zero-order chi connectivity index (χ0) is 14.7. The van der Waals surface area contributed by atoms with Crippen molar-refractivity contribution in [1.29, 1.82) is 0 Å². The van der Waals surface area contributed by atoms with Gasteiger partial charge in [0.1, 0.15) is 5.82 Å². The van der Waals surface area contributed by atoms with Crippen LogP contribution >= 0.6 is 11.6 Å². The topological polar surface area (TPSA) is 44.5 Å². The monoisotopic (exact) mass is 295 g/mol. The van der Waals surface area contributed by atoms with Gasteiger partial charge in [-0.05, 0) is 29.3 Å². The van der Waals surface area contributed by atoms with Gasteiger partial charge in [-0.3, -0.25) is 0 Å². The average Bonchev–Trinajstić information content (AvgIpc) is 2.48. The number of ether oxygens (including phenoxy) is 2. The second kappa shape index (κ2) is 6.11. The average molecular weight is 296 g/mol. The van der Waals surface area contributed by atoms with Gasteiger partial charge in [-0.2, -0.15) is 0 Å². The van der Waals surface area contributed by atoms with E-state index >= 15 is 0 Å². The highest BCUT2D eigenvalue weighted by atomic mass is 35.5. The Hall–Kier alpha value is -1.78. The first-order valence-electron chi connectivity index (χ1n) is 6.00. The predicted molar refractivity (Wildman–Crippen MR) is 77.0 cm³/mol. The van der Waals surface area contributed by atoms with Gasteiger partial charge in [0, 0.05) is 0 Å². The van der Waals surface area contributed by atoms with Crippen molar-refractivity contribution in [3.05, 3.63) is 58.4 Å². The second-order valence-electron chi connectivity index (χ2n) is 4.24. The van der Waals surface area contributed by atoms with Crippen LogP contribution in [-0.4, -0.2) is 14.2 Å². The molecule has 0 fully saturated rings. The number of nitrogens with two attached hydrogens (primary N) is 1. The number of halogens is 2. The van der Waals surface area contributed by atoms with Gasteiger partial charge in [-0.15, -0.1) is 0 Å². The van der Waals surface area contributed by atoms with E-state index in [0.717, 1.165) is 5.56 Å². The summed E-state index contributed by atoms with van der Waals surface area (Å²) in [6, 6.07) is 9.34. The van der Waals surface area contributed by atoms with Gasteiger partial charge in [0.05, 0.1) is 25.3 Å². The van der Waals surface area contributed by atoms with E-state index in [1.54, 1.807) is 44.6 Å². The maximum atomic E-state index is 13.5.